The van der Waals surface area contributed by atoms with Crippen LogP contribution in [0.5, 0.6) is 5.75 Å². The summed E-state index contributed by atoms with van der Waals surface area (Å²) in [5.41, 5.74) is 0.669. The van der Waals surface area contributed by atoms with Crippen LogP contribution >= 0.6 is 0 Å². The molecule has 1 atom stereocenters. The maximum Gasteiger partial charge on any atom is 0.321 e. The van der Waals surface area contributed by atoms with Crippen LogP contribution in [0.25, 0.3) is 0 Å². The van der Waals surface area contributed by atoms with Crippen LogP contribution in [-0.4, -0.2) is 55.2 Å². The van der Waals surface area contributed by atoms with E-state index in [9.17, 15) is 4.79 Å². The number of carbonyl (C=O) groups is 1. The van der Waals surface area contributed by atoms with Crippen molar-refractivity contribution < 1.29 is 9.53 Å². The molecule has 0 unspecified atom stereocenters. The first-order valence-electron chi connectivity index (χ1n) is 9.20. The SMILES string of the molecule is C#CCOc1ccccc1NC(=O)N1CC[C@H](CN2CCCCC2)C1. The predicted octanol–water partition coefficient (Wildman–Crippen LogP) is 3.04. The number of benzene rings is 1. The van der Waals surface area contributed by atoms with E-state index < -0.39 is 0 Å². The number of hydrogen-bond donors (Lipinski definition) is 1. The van der Waals surface area contributed by atoms with Crippen LogP contribution in [0, 0.1) is 18.3 Å². The molecule has 5 nitrogen and oxygen atoms in total. The highest BCUT2D eigenvalue weighted by molar-refractivity contribution is 5.91. The Kier molecular flexibility index (Phi) is 6.19. The summed E-state index contributed by atoms with van der Waals surface area (Å²) >= 11 is 0. The van der Waals surface area contributed by atoms with Gasteiger partial charge in [-0.15, -0.1) is 6.42 Å². The lowest BCUT2D eigenvalue weighted by molar-refractivity contribution is 0.192. The van der Waals surface area contributed by atoms with Crippen molar-refractivity contribution in [2.24, 2.45) is 5.92 Å². The predicted molar refractivity (Wildman–Crippen MR) is 99.8 cm³/mol. The highest BCUT2D eigenvalue weighted by Gasteiger charge is 2.28. The Morgan fingerprint density at radius 1 is 1.24 bits per heavy atom. The molecule has 5 heteroatoms. The van der Waals surface area contributed by atoms with E-state index in [2.05, 4.69) is 16.1 Å². The van der Waals surface area contributed by atoms with Crippen molar-refractivity contribution in [3.05, 3.63) is 24.3 Å². The summed E-state index contributed by atoms with van der Waals surface area (Å²) in [6, 6.07) is 7.34. The van der Waals surface area contributed by atoms with Gasteiger partial charge in [0.15, 0.2) is 0 Å². The second-order valence-corrected chi connectivity index (χ2v) is 6.88. The van der Waals surface area contributed by atoms with Gasteiger partial charge in [0.05, 0.1) is 5.69 Å². The molecule has 0 spiro atoms. The van der Waals surface area contributed by atoms with Crippen LogP contribution in [0.3, 0.4) is 0 Å². The van der Waals surface area contributed by atoms with Crippen LogP contribution in [0.1, 0.15) is 25.7 Å². The number of hydrogen-bond acceptors (Lipinski definition) is 3. The van der Waals surface area contributed by atoms with Crippen molar-refractivity contribution in [1.29, 1.82) is 0 Å². The average molecular weight is 341 g/mol. The molecule has 2 fully saturated rings. The van der Waals surface area contributed by atoms with E-state index in [4.69, 9.17) is 11.2 Å². The summed E-state index contributed by atoms with van der Waals surface area (Å²) in [5, 5.41) is 2.97. The fraction of sp³-hybridized carbons (Fsp3) is 0.550. The molecule has 1 aromatic rings. The quantitative estimate of drug-likeness (QED) is 0.837. The summed E-state index contributed by atoms with van der Waals surface area (Å²) < 4.78 is 5.50. The van der Waals surface area contributed by atoms with Gasteiger partial charge in [-0.05, 0) is 50.4 Å². The van der Waals surface area contributed by atoms with Crippen LogP contribution in [0.4, 0.5) is 10.5 Å². The summed E-state index contributed by atoms with van der Waals surface area (Å²) in [6.07, 6.45) is 10.3. The molecular formula is C20H27N3O2. The minimum atomic E-state index is -0.0575. The molecule has 3 rings (SSSR count). The highest BCUT2D eigenvalue weighted by Crippen LogP contribution is 2.25. The average Bonchev–Trinajstić information content (AvgIpc) is 3.10. The van der Waals surface area contributed by atoms with E-state index in [0.29, 0.717) is 17.4 Å². The van der Waals surface area contributed by atoms with Gasteiger partial charge < -0.3 is 19.9 Å². The first-order valence-corrected chi connectivity index (χ1v) is 9.20. The minimum absolute atomic E-state index is 0.0575. The Morgan fingerprint density at radius 3 is 2.84 bits per heavy atom. The van der Waals surface area contributed by atoms with Crippen LogP contribution in [0.15, 0.2) is 24.3 Å². The molecule has 2 aliphatic heterocycles. The van der Waals surface area contributed by atoms with Gasteiger partial charge in [0, 0.05) is 19.6 Å². The smallest absolute Gasteiger partial charge is 0.321 e. The zero-order chi connectivity index (χ0) is 17.5. The zero-order valence-corrected chi connectivity index (χ0v) is 14.7. The Labute approximate surface area is 150 Å². The largest absolute Gasteiger partial charge is 0.479 e. The normalized spacial score (nSPS) is 20.9. The standard InChI is InChI=1S/C20H27N3O2/c1-2-14-25-19-9-5-4-8-18(19)21-20(24)23-13-10-17(16-23)15-22-11-6-3-7-12-22/h1,4-5,8-9,17H,3,6-7,10-16H2,(H,21,24)/t17-/m1/s1. The second kappa shape index (κ2) is 8.77. The lowest BCUT2D eigenvalue weighted by Gasteiger charge is -2.29. The molecule has 25 heavy (non-hydrogen) atoms. The summed E-state index contributed by atoms with van der Waals surface area (Å²) in [4.78, 5) is 17.0. The number of nitrogens with zero attached hydrogens (tertiary/aromatic N) is 2. The molecule has 2 aliphatic rings. The van der Waals surface area contributed by atoms with Crippen LogP contribution in [-0.2, 0) is 0 Å². The number of amides is 2. The number of likely N-dealkylation sites (tertiary alicyclic amines) is 2. The maximum atomic E-state index is 12.6. The lowest BCUT2D eigenvalue weighted by Crippen LogP contribution is -2.37. The summed E-state index contributed by atoms with van der Waals surface area (Å²) in [7, 11) is 0. The number of rotatable bonds is 5. The number of urea groups is 1. The molecule has 2 heterocycles. The zero-order valence-electron chi connectivity index (χ0n) is 14.7. The molecular weight excluding hydrogens is 314 g/mol. The molecule has 1 aromatic carbocycles. The molecule has 1 N–H and O–H groups in total. The van der Waals surface area contributed by atoms with Gasteiger partial charge in [-0.3, -0.25) is 0 Å². The molecule has 0 aromatic heterocycles. The van der Waals surface area contributed by atoms with E-state index in [-0.39, 0.29) is 12.6 Å². The molecule has 0 bridgehead atoms. The van der Waals surface area contributed by atoms with Gasteiger partial charge in [-0.25, -0.2) is 4.79 Å². The van der Waals surface area contributed by atoms with Crippen molar-refractivity contribution >= 4 is 11.7 Å². The van der Waals surface area contributed by atoms with E-state index in [1.165, 1.54) is 32.4 Å². The molecule has 2 saturated heterocycles. The molecule has 2 amide bonds. The van der Waals surface area contributed by atoms with Crippen molar-refractivity contribution in [2.45, 2.75) is 25.7 Å². The number of ether oxygens (including phenoxy) is 1. The molecule has 134 valence electrons. The van der Waals surface area contributed by atoms with Gasteiger partial charge in [0.25, 0.3) is 0 Å². The molecule has 0 radical (unpaired) electrons. The number of piperidine rings is 1. The number of anilines is 1. The topological polar surface area (TPSA) is 44.8 Å². The maximum absolute atomic E-state index is 12.6. The van der Waals surface area contributed by atoms with Crippen molar-refractivity contribution in [3.8, 4) is 18.1 Å². The van der Waals surface area contributed by atoms with Gasteiger partial charge in [0.1, 0.15) is 12.4 Å². The highest BCUT2D eigenvalue weighted by atomic mass is 16.5. The van der Waals surface area contributed by atoms with E-state index in [1.807, 2.05) is 29.2 Å². The number of para-hydroxylation sites is 2. The Morgan fingerprint density at radius 2 is 2.04 bits per heavy atom. The van der Waals surface area contributed by atoms with Gasteiger partial charge >= 0.3 is 6.03 Å². The lowest BCUT2D eigenvalue weighted by atomic mass is 10.1. The number of nitrogens with one attached hydrogen (secondary N) is 1. The molecule has 0 aliphatic carbocycles. The molecule has 0 saturated carbocycles. The Balaban J connectivity index is 1.51. The van der Waals surface area contributed by atoms with Crippen LogP contribution in [0.2, 0.25) is 0 Å². The van der Waals surface area contributed by atoms with E-state index >= 15 is 0 Å². The summed E-state index contributed by atoms with van der Waals surface area (Å²) in [5.74, 6) is 3.64. The van der Waals surface area contributed by atoms with Gasteiger partial charge in [0.2, 0.25) is 0 Å². The van der Waals surface area contributed by atoms with Crippen molar-refractivity contribution in [2.75, 3.05) is 44.6 Å². The van der Waals surface area contributed by atoms with Crippen molar-refractivity contribution in [3.63, 3.8) is 0 Å². The Hall–Kier alpha value is -2.19. The third-order valence-electron chi connectivity index (χ3n) is 4.98. The monoisotopic (exact) mass is 341 g/mol. The first-order chi connectivity index (χ1) is 12.3. The third kappa shape index (κ3) is 4.90. The van der Waals surface area contributed by atoms with E-state index in [1.54, 1.807) is 0 Å². The fourth-order valence-electron chi connectivity index (χ4n) is 3.68. The fourth-order valence-corrected chi connectivity index (χ4v) is 3.68. The van der Waals surface area contributed by atoms with Crippen LogP contribution < -0.4 is 10.1 Å². The van der Waals surface area contributed by atoms with Crippen molar-refractivity contribution in [1.82, 2.24) is 9.80 Å². The summed E-state index contributed by atoms with van der Waals surface area (Å²) in [6.45, 7) is 5.37. The number of terminal acetylenes is 1. The van der Waals surface area contributed by atoms with Gasteiger partial charge in [-0.2, -0.15) is 0 Å². The minimum Gasteiger partial charge on any atom is -0.479 e. The third-order valence-corrected chi connectivity index (χ3v) is 4.98. The second-order valence-electron chi connectivity index (χ2n) is 6.88. The first kappa shape index (κ1) is 17.6. The van der Waals surface area contributed by atoms with Gasteiger partial charge in [-0.1, -0.05) is 24.5 Å². The van der Waals surface area contributed by atoms with E-state index in [0.717, 1.165) is 26.1 Å². The Bertz CT molecular complexity index is 620. The number of carbonyl (C=O) groups excluding carboxylic acids is 1.